The van der Waals surface area contributed by atoms with Crippen LogP contribution in [0.4, 0.5) is 26.3 Å². The van der Waals surface area contributed by atoms with E-state index in [0.717, 1.165) is 0 Å². The van der Waals surface area contributed by atoms with Crippen molar-refractivity contribution in [1.29, 1.82) is 0 Å². The molecule has 0 saturated heterocycles. The Morgan fingerprint density at radius 1 is 0.652 bits per heavy atom. The first kappa shape index (κ1) is 17.8. The van der Waals surface area contributed by atoms with E-state index in [1.54, 1.807) is 12.1 Å². The molecule has 2 rings (SSSR count). The van der Waals surface area contributed by atoms with Crippen LogP contribution in [0.3, 0.4) is 0 Å². The first-order valence-electron chi connectivity index (χ1n) is 6.40. The zero-order chi connectivity index (χ0) is 17.1. The van der Waals surface area contributed by atoms with Crippen molar-refractivity contribution < 1.29 is 30.9 Å². The van der Waals surface area contributed by atoms with E-state index in [4.69, 9.17) is 0 Å². The second kappa shape index (κ2) is 6.89. The quantitative estimate of drug-likeness (QED) is 0.580. The molecule has 0 atom stereocenters. The summed E-state index contributed by atoms with van der Waals surface area (Å²) in [6.07, 6.45) is -14.9. The molecule has 0 saturated carbocycles. The summed E-state index contributed by atoms with van der Waals surface area (Å²) in [7, 11) is -2.26. The van der Waals surface area contributed by atoms with Gasteiger partial charge in [-0.15, -0.1) is 0 Å². The lowest BCUT2D eigenvalue weighted by Crippen LogP contribution is -2.44. The fraction of sp³-hybridized carbons (Fsp3) is 0.200. The summed E-state index contributed by atoms with van der Waals surface area (Å²) in [5.74, 6) is 0. The van der Waals surface area contributed by atoms with Crippen molar-refractivity contribution in [2.75, 3.05) is 0 Å². The Bertz CT molecular complexity index is 558. The van der Waals surface area contributed by atoms with Crippen LogP contribution < -0.4 is 10.6 Å². The molecule has 0 bridgehead atoms. The summed E-state index contributed by atoms with van der Waals surface area (Å²) in [6.45, 7) is 0. The maximum atomic E-state index is 12.8. The van der Waals surface area contributed by atoms with Gasteiger partial charge < -0.3 is 4.52 Å². The first-order valence-corrected chi connectivity index (χ1v) is 7.66. The van der Waals surface area contributed by atoms with E-state index >= 15 is 0 Å². The molecule has 2 aromatic rings. The molecule has 0 unspecified atom stereocenters. The Labute approximate surface area is 129 Å². The summed E-state index contributed by atoms with van der Waals surface area (Å²) in [5.41, 5.74) is 0. The van der Waals surface area contributed by atoms with Crippen molar-refractivity contribution in [2.45, 2.75) is 18.5 Å². The Hall–Kier alpha value is -1.59. The van der Waals surface area contributed by atoms with Crippen LogP contribution in [0.1, 0.15) is 0 Å². The summed E-state index contributed by atoms with van der Waals surface area (Å²) in [4.78, 5) is 0. The Morgan fingerprint density at radius 3 is 1.30 bits per heavy atom. The molecule has 8 heteroatoms. The van der Waals surface area contributed by atoms with E-state index in [9.17, 15) is 26.3 Å². The molecule has 0 aliphatic carbocycles. The van der Waals surface area contributed by atoms with Crippen LogP contribution in [0.25, 0.3) is 0 Å². The normalized spacial score (nSPS) is 12.9. The zero-order valence-corrected chi connectivity index (χ0v) is 12.4. The lowest BCUT2D eigenvalue weighted by molar-refractivity contribution is -0.298. The summed E-state index contributed by atoms with van der Waals surface area (Å²) in [5, 5.41) is 0.541. The van der Waals surface area contributed by atoms with E-state index in [2.05, 4.69) is 4.52 Å². The second-order valence-electron chi connectivity index (χ2n) is 4.53. The van der Waals surface area contributed by atoms with Crippen molar-refractivity contribution in [3.8, 4) is 0 Å². The van der Waals surface area contributed by atoms with E-state index in [1.807, 2.05) is 0 Å². The Balaban J connectivity index is 2.42. The van der Waals surface area contributed by atoms with Crippen LogP contribution in [-0.4, -0.2) is 18.5 Å². The largest absolute Gasteiger partial charge is 0.423 e. The van der Waals surface area contributed by atoms with Crippen LogP contribution in [0.15, 0.2) is 60.7 Å². The number of benzene rings is 2. The smallest absolute Gasteiger partial charge is 0.328 e. The lowest BCUT2D eigenvalue weighted by atomic mass is 10.3. The molecule has 0 aromatic heterocycles. The number of hydrogen-bond acceptors (Lipinski definition) is 1. The highest BCUT2D eigenvalue weighted by atomic mass is 31.1. The minimum atomic E-state index is -5.54. The molecule has 0 spiro atoms. The van der Waals surface area contributed by atoms with Gasteiger partial charge in [0.1, 0.15) is 0 Å². The molecule has 0 aliphatic heterocycles. The van der Waals surface area contributed by atoms with Gasteiger partial charge in [0.05, 0.1) is 8.15 Å². The van der Waals surface area contributed by atoms with Crippen molar-refractivity contribution in [3.05, 3.63) is 60.7 Å². The fourth-order valence-corrected chi connectivity index (χ4v) is 3.69. The van der Waals surface area contributed by atoms with E-state index < -0.39 is 26.6 Å². The second-order valence-corrected chi connectivity index (χ2v) is 6.37. The fourth-order valence-electron chi connectivity index (χ4n) is 1.81. The molecule has 2 aromatic carbocycles. The maximum Gasteiger partial charge on any atom is 0.423 e. The average Bonchev–Trinajstić information content (AvgIpc) is 2.47. The monoisotopic (exact) mass is 352 g/mol. The molecule has 23 heavy (non-hydrogen) atoms. The topological polar surface area (TPSA) is 9.23 Å². The lowest BCUT2D eigenvalue weighted by Gasteiger charge is -2.28. The minimum Gasteiger partial charge on any atom is -0.328 e. The molecule has 0 aliphatic rings. The van der Waals surface area contributed by atoms with Crippen LogP contribution in [0.5, 0.6) is 0 Å². The number of hydrogen-bond donors (Lipinski definition) is 0. The standard InChI is InChI=1S/C15H11F6OP/c16-14(17,18)13(15(19,20)21)22-23(11-7-3-1-4-8-11)12-9-5-2-6-10-12/h1-10,13H. The van der Waals surface area contributed by atoms with Crippen molar-refractivity contribution in [2.24, 2.45) is 0 Å². The van der Waals surface area contributed by atoms with Gasteiger partial charge in [-0.1, -0.05) is 60.7 Å². The SMILES string of the molecule is FC(F)(F)C(OP(c1ccccc1)c1ccccc1)C(F)(F)F. The molecular formula is C15H11F6OP. The van der Waals surface area contributed by atoms with Crippen LogP contribution in [0.2, 0.25) is 0 Å². The van der Waals surface area contributed by atoms with Crippen LogP contribution >= 0.6 is 8.15 Å². The summed E-state index contributed by atoms with van der Waals surface area (Å²) < 4.78 is 81.2. The molecule has 1 nitrogen and oxygen atoms in total. The Morgan fingerprint density at radius 2 is 1.00 bits per heavy atom. The van der Waals surface area contributed by atoms with Gasteiger partial charge in [-0.05, 0) is 0 Å². The van der Waals surface area contributed by atoms with E-state index in [0.29, 0.717) is 0 Å². The van der Waals surface area contributed by atoms with Crippen molar-refractivity contribution in [1.82, 2.24) is 0 Å². The van der Waals surface area contributed by atoms with Gasteiger partial charge in [0.25, 0.3) is 6.10 Å². The van der Waals surface area contributed by atoms with Crippen molar-refractivity contribution in [3.63, 3.8) is 0 Å². The predicted molar refractivity (Wildman–Crippen MR) is 76.1 cm³/mol. The third kappa shape index (κ3) is 4.69. The number of alkyl halides is 6. The molecule has 0 radical (unpaired) electrons. The molecular weight excluding hydrogens is 341 g/mol. The van der Waals surface area contributed by atoms with Gasteiger partial charge in [0.15, 0.2) is 0 Å². The average molecular weight is 352 g/mol. The number of halogens is 6. The zero-order valence-electron chi connectivity index (χ0n) is 11.5. The molecule has 0 amide bonds. The summed E-state index contributed by atoms with van der Waals surface area (Å²) >= 11 is 0. The van der Waals surface area contributed by atoms with Gasteiger partial charge in [0.2, 0.25) is 0 Å². The highest BCUT2D eigenvalue weighted by Gasteiger charge is 2.59. The van der Waals surface area contributed by atoms with Crippen LogP contribution in [-0.2, 0) is 4.52 Å². The predicted octanol–water partition coefficient (Wildman–Crippen LogP) is 4.54. The highest BCUT2D eigenvalue weighted by Crippen LogP contribution is 2.45. The molecule has 0 heterocycles. The minimum absolute atomic E-state index is 0.271. The van der Waals surface area contributed by atoms with Gasteiger partial charge in [-0.3, -0.25) is 0 Å². The molecule has 124 valence electrons. The first-order chi connectivity index (χ1) is 10.7. The maximum absolute atomic E-state index is 12.8. The van der Waals surface area contributed by atoms with Gasteiger partial charge in [0, 0.05) is 10.6 Å². The molecule has 0 N–H and O–H groups in total. The Kier molecular flexibility index (Phi) is 5.32. The van der Waals surface area contributed by atoms with Crippen LogP contribution in [0, 0.1) is 0 Å². The van der Waals surface area contributed by atoms with Gasteiger partial charge in [-0.2, -0.15) is 26.3 Å². The highest BCUT2D eigenvalue weighted by molar-refractivity contribution is 7.68. The van der Waals surface area contributed by atoms with Crippen molar-refractivity contribution >= 4 is 18.8 Å². The molecule has 0 fully saturated rings. The van der Waals surface area contributed by atoms with E-state index in [-0.39, 0.29) is 10.6 Å². The van der Waals surface area contributed by atoms with E-state index in [1.165, 1.54) is 48.5 Å². The number of rotatable bonds is 4. The third-order valence-corrected chi connectivity index (χ3v) is 4.74. The summed E-state index contributed by atoms with van der Waals surface area (Å²) in [6, 6.07) is 15.2. The van der Waals surface area contributed by atoms with Gasteiger partial charge >= 0.3 is 12.4 Å². The van der Waals surface area contributed by atoms with Gasteiger partial charge in [-0.25, -0.2) is 0 Å². The third-order valence-electron chi connectivity index (χ3n) is 2.79.